The lowest BCUT2D eigenvalue weighted by Crippen LogP contribution is -2.47. The van der Waals surface area contributed by atoms with E-state index in [1.165, 1.54) is 0 Å². The van der Waals surface area contributed by atoms with Gasteiger partial charge in [-0.2, -0.15) is 0 Å². The van der Waals surface area contributed by atoms with Gasteiger partial charge in [-0.15, -0.1) is 0 Å². The van der Waals surface area contributed by atoms with E-state index in [4.69, 9.17) is 11.5 Å². The number of nitrogens with two attached hydrogens (primary N) is 2. The maximum absolute atomic E-state index is 10.8. The average Bonchev–Trinajstić information content (AvgIpc) is 2.01. The smallest absolute Gasteiger partial charge is 0.234 e. The van der Waals surface area contributed by atoms with Gasteiger partial charge < -0.3 is 16.4 Å². The summed E-state index contributed by atoms with van der Waals surface area (Å²) in [6, 6.07) is -0.626. The van der Waals surface area contributed by atoms with Gasteiger partial charge in [0, 0.05) is 19.5 Å². The fourth-order valence-electron chi connectivity index (χ4n) is 1.03. The number of hydrogen-bond donors (Lipinski definition) is 2. The van der Waals surface area contributed by atoms with Gasteiger partial charge in [-0.3, -0.25) is 9.59 Å². The normalized spacial score (nSPS) is 18.8. The largest absolute Gasteiger partial charge is 0.368 e. The minimum atomic E-state index is -0.626. The van der Waals surface area contributed by atoms with Crippen molar-refractivity contribution in [2.75, 3.05) is 13.1 Å². The van der Waals surface area contributed by atoms with Crippen molar-refractivity contribution in [3.05, 3.63) is 0 Å². The molecule has 1 rings (SSSR count). The predicted octanol–water partition coefficient (Wildman–Crippen LogP) is -1.58. The molecule has 1 aliphatic rings. The Morgan fingerprint density at radius 2 is 2.33 bits per heavy atom. The zero-order valence-electron chi connectivity index (χ0n) is 6.82. The fraction of sp³-hybridized carbons (Fsp3) is 0.714. The monoisotopic (exact) mass is 171 g/mol. The number of nitrogens with zero attached hydrogens (tertiary/aromatic N) is 1. The summed E-state index contributed by atoms with van der Waals surface area (Å²) in [6.45, 7) is 1.33. The molecule has 1 aliphatic heterocycles. The Morgan fingerprint density at radius 3 is 2.67 bits per heavy atom. The first-order valence-corrected chi connectivity index (χ1v) is 3.94. The van der Waals surface area contributed by atoms with Crippen LogP contribution in [0.2, 0.25) is 0 Å². The molecule has 0 radical (unpaired) electrons. The Hall–Kier alpha value is -1.10. The summed E-state index contributed by atoms with van der Waals surface area (Å²) in [5, 5.41) is 0. The molecule has 4 N–H and O–H groups in total. The number of carbonyl (C=O) groups is 2. The number of carbonyl (C=O) groups excluding carboxylic acids is 2. The van der Waals surface area contributed by atoms with Gasteiger partial charge in [0.1, 0.15) is 0 Å². The van der Waals surface area contributed by atoms with E-state index >= 15 is 0 Å². The number of primary amides is 1. The summed E-state index contributed by atoms with van der Waals surface area (Å²) >= 11 is 0. The molecule has 0 aromatic carbocycles. The Balaban J connectivity index is 2.17. The maximum Gasteiger partial charge on any atom is 0.234 e. The Bertz CT molecular complexity index is 195. The number of amides is 2. The highest BCUT2D eigenvalue weighted by atomic mass is 16.2. The molecule has 5 heteroatoms. The van der Waals surface area contributed by atoms with E-state index in [-0.39, 0.29) is 5.91 Å². The third-order valence-electron chi connectivity index (χ3n) is 2.02. The molecule has 1 saturated heterocycles. The van der Waals surface area contributed by atoms with Crippen molar-refractivity contribution in [1.29, 1.82) is 0 Å². The lowest BCUT2D eigenvalue weighted by Gasteiger charge is -2.31. The molecule has 5 nitrogen and oxygen atoms in total. The van der Waals surface area contributed by atoms with Crippen molar-refractivity contribution < 1.29 is 9.59 Å². The quantitative estimate of drug-likeness (QED) is 0.500. The van der Waals surface area contributed by atoms with Gasteiger partial charge in [0.2, 0.25) is 11.8 Å². The van der Waals surface area contributed by atoms with Gasteiger partial charge in [-0.25, -0.2) is 0 Å². The zero-order valence-corrected chi connectivity index (χ0v) is 6.82. The molecule has 68 valence electrons. The summed E-state index contributed by atoms with van der Waals surface area (Å²) in [5.41, 5.74) is 10.3. The number of hydrogen-bond acceptors (Lipinski definition) is 3. The highest BCUT2D eigenvalue weighted by Crippen LogP contribution is 2.08. The topological polar surface area (TPSA) is 89.4 Å². The molecular weight excluding hydrogens is 158 g/mol. The van der Waals surface area contributed by atoms with Crippen LogP contribution in [-0.4, -0.2) is 35.8 Å². The molecule has 12 heavy (non-hydrogen) atoms. The molecule has 0 bridgehead atoms. The minimum absolute atomic E-state index is 0.131. The van der Waals surface area contributed by atoms with Gasteiger partial charge in [0.25, 0.3) is 0 Å². The van der Waals surface area contributed by atoms with Crippen LogP contribution in [0.5, 0.6) is 0 Å². The highest BCUT2D eigenvalue weighted by molar-refractivity contribution is 5.82. The molecule has 1 atom stereocenters. The van der Waals surface area contributed by atoms with Crippen molar-refractivity contribution in [3.63, 3.8) is 0 Å². The van der Waals surface area contributed by atoms with E-state index in [1.54, 1.807) is 4.90 Å². The van der Waals surface area contributed by atoms with Crippen LogP contribution in [0, 0.1) is 0 Å². The fourth-order valence-corrected chi connectivity index (χ4v) is 1.03. The van der Waals surface area contributed by atoms with Crippen LogP contribution in [0.3, 0.4) is 0 Å². The molecule has 1 unspecified atom stereocenters. The third kappa shape index (κ3) is 1.94. The summed E-state index contributed by atoms with van der Waals surface area (Å²) in [5.74, 6) is -0.380. The third-order valence-corrected chi connectivity index (χ3v) is 2.02. The van der Waals surface area contributed by atoms with E-state index in [0.29, 0.717) is 19.4 Å². The van der Waals surface area contributed by atoms with Crippen molar-refractivity contribution in [3.8, 4) is 0 Å². The van der Waals surface area contributed by atoms with Gasteiger partial charge >= 0.3 is 0 Å². The molecule has 1 fully saturated rings. The van der Waals surface area contributed by atoms with Gasteiger partial charge in [-0.05, 0) is 6.42 Å². The lowest BCUT2D eigenvalue weighted by molar-refractivity contribution is -0.140. The van der Waals surface area contributed by atoms with Crippen LogP contribution in [0.25, 0.3) is 0 Å². The molecular formula is C7H13N3O2. The summed E-state index contributed by atoms with van der Waals surface area (Å²) < 4.78 is 0. The second kappa shape index (κ2) is 3.53. The summed E-state index contributed by atoms with van der Waals surface area (Å²) in [7, 11) is 0. The average molecular weight is 171 g/mol. The van der Waals surface area contributed by atoms with Crippen molar-refractivity contribution in [1.82, 2.24) is 4.90 Å². The number of likely N-dealkylation sites (tertiary alicyclic amines) is 1. The van der Waals surface area contributed by atoms with Crippen LogP contribution < -0.4 is 11.5 Å². The molecule has 1 heterocycles. The maximum atomic E-state index is 10.8. The second-order valence-corrected chi connectivity index (χ2v) is 2.93. The van der Waals surface area contributed by atoms with Crippen LogP contribution in [0.4, 0.5) is 0 Å². The highest BCUT2D eigenvalue weighted by Gasteiger charge is 2.24. The van der Waals surface area contributed by atoms with E-state index in [0.717, 1.165) is 6.54 Å². The second-order valence-electron chi connectivity index (χ2n) is 2.93. The first-order chi connectivity index (χ1) is 5.61. The molecule has 0 aromatic rings. The van der Waals surface area contributed by atoms with E-state index < -0.39 is 11.9 Å². The predicted molar refractivity (Wildman–Crippen MR) is 43.0 cm³/mol. The summed E-state index contributed by atoms with van der Waals surface area (Å²) in [6.07, 6.45) is 1.08. The molecule has 0 saturated carbocycles. The zero-order chi connectivity index (χ0) is 9.14. The molecule has 0 aromatic heterocycles. The first kappa shape index (κ1) is 8.99. The minimum Gasteiger partial charge on any atom is -0.368 e. The number of β-lactam (4-membered cyclic amide) rings is 1. The standard InChI is InChI=1S/C7H13N3O2/c8-5(7(9)12)1-3-10-4-2-6(10)11/h5H,1-4,8H2,(H2,9,12). The molecule has 0 aliphatic carbocycles. The van der Waals surface area contributed by atoms with Crippen molar-refractivity contribution >= 4 is 11.8 Å². The van der Waals surface area contributed by atoms with Crippen LogP contribution in [-0.2, 0) is 9.59 Å². The Morgan fingerprint density at radius 1 is 1.67 bits per heavy atom. The first-order valence-electron chi connectivity index (χ1n) is 3.94. The van der Waals surface area contributed by atoms with Crippen molar-refractivity contribution in [2.45, 2.75) is 18.9 Å². The lowest BCUT2D eigenvalue weighted by atomic mass is 10.1. The van der Waals surface area contributed by atoms with Gasteiger partial charge in [0.05, 0.1) is 6.04 Å². The van der Waals surface area contributed by atoms with E-state index in [2.05, 4.69) is 0 Å². The van der Waals surface area contributed by atoms with E-state index in [9.17, 15) is 9.59 Å². The van der Waals surface area contributed by atoms with Gasteiger partial charge in [0.15, 0.2) is 0 Å². The molecule has 0 spiro atoms. The molecule has 2 amide bonds. The van der Waals surface area contributed by atoms with Crippen LogP contribution >= 0.6 is 0 Å². The van der Waals surface area contributed by atoms with E-state index in [1.807, 2.05) is 0 Å². The van der Waals surface area contributed by atoms with Gasteiger partial charge in [-0.1, -0.05) is 0 Å². The Kier molecular flexibility index (Phi) is 2.65. The Labute approximate surface area is 70.7 Å². The van der Waals surface area contributed by atoms with Crippen LogP contribution in [0.1, 0.15) is 12.8 Å². The SMILES string of the molecule is NC(=O)C(N)CCN1CCC1=O. The summed E-state index contributed by atoms with van der Waals surface area (Å²) in [4.78, 5) is 22.9. The van der Waals surface area contributed by atoms with Crippen molar-refractivity contribution in [2.24, 2.45) is 11.5 Å². The van der Waals surface area contributed by atoms with Crippen LogP contribution in [0.15, 0.2) is 0 Å². The number of rotatable bonds is 4.